The molecule has 29 heavy (non-hydrogen) atoms. The summed E-state index contributed by atoms with van der Waals surface area (Å²) in [6.07, 6.45) is 4.36. The van der Waals surface area contributed by atoms with Crippen LogP contribution in [0.25, 0.3) is 6.08 Å². The largest absolute Gasteiger partial charge is 0.492 e. The lowest BCUT2D eigenvalue weighted by Gasteiger charge is -2.17. The van der Waals surface area contributed by atoms with Crippen LogP contribution in [0.1, 0.15) is 39.2 Å². The van der Waals surface area contributed by atoms with E-state index >= 15 is 0 Å². The average molecular weight is 396 g/mol. The van der Waals surface area contributed by atoms with E-state index in [1.54, 1.807) is 18.2 Å². The van der Waals surface area contributed by atoms with E-state index in [0.29, 0.717) is 42.5 Å². The fourth-order valence-electron chi connectivity index (χ4n) is 2.66. The van der Waals surface area contributed by atoms with Crippen LogP contribution in [-0.2, 0) is 9.59 Å². The first-order valence-corrected chi connectivity index (χ1v) is 9.84. The molecule has 0 fully saturated rings. The van der Waals surface area contributed by atoms with Crippen molar-refractivity contribution >= 4 is 29.3 Å². The maximum absolute atomic E-state index is 12.4. The molecule has 6 heteroatoms. The first kappa shape index (κ1) is 22.0. The summed E-state index contributed by atoms with van der Waals surface area (Å²) in [7, 11) is 0. The van der Waals surface area contributed by atoms with Gasteiger partial charge in [0.15, 0.2) is 0 Å². The highest BCUT2D eigenvalue weighted by molar-refractivity contribution is 6.03. The highest BCUT2D eigenvalue weighted by Gasteiger charge is 2.15. The molecule has 2 aromatic rings. The third-order valence-corrected chi connectivity index (χ3v) is 3.92. The number of rotatable bonds is 10. The number of amides is 2. The van der Waals surface area contributed by atoms with E-state index in [1.165, 1.54) is 6.08 Å². The van der Waals surface area contributed by atoms with Crippen LogP contribution in [0, 0.1) is 0 Å². The van der Waals surface area contributed by atoms with E-state index in [-0.39, 0.29) is 11.8 Å². The number of carbonyl (C=O) groups is 2. The molecule has 6 nitrogen and oxygen atoms in total. The van der Waals surface area contributed by atoms with Gasteiger partial charge in [-0.25, -0.2) is 0 Å². The van der Waals surface area contributed by atoms with Crippen molar-refractivity contribution in [3.05, 3.63) is 54.1 Å². The third-order valence-electron chi connectivity index (χ3n) is 3.92. The van der Waals surface area contributed by atoms with Gasteiger partial charge in [0, 0.05) is 24.6 Å². The molecule has 0 aliphatic heterocycles. The summed E-state index contributed by atoms with van der Waals surface area (Å²) in [6, 6.07) is 12.9. The van der Waals surface area contributed by atoms with Gasteiger partial charge in [-0.05, 0) is 31.9 Å². The van der Waals surface area contributed by atoms with Crippen LogP contribution in [0.5, 0.6) is 11.5 Å². The molecule has 0 radical (unpaired) electrons. The topological polar surface area (TPSA) is 76.7 Å². The molecule has 0 spiro atoms. The van der Waals surface area contributed by atoms with Crippen molar-refractivity contribution in [1.82, 2.24) is 0 Å². The molecule has 2 rings (SSSR count). The van der Waals surface area contributed by atoms with Crippen molar-refractivity contribution in [1.29, 1.82) is 0 Å². The van der Waals surface area contributed by atoms with Gasteiger partial charge >= 0.3 is 0 Å². The van der Waals surface area contributed by atoms with Gasteiger partial charge in [-0.1, -0.05) is 37.3 Å². The molecular formula is C23H28N2O4. The molecule has 0 aliphatic rings. The van der Waals surface area contributed by atoms with Gasteiger partial charge < -0.3 is 20.1 Å². The summed E-state index contributed by atoms with van der Waals surface area (Å²) in [4.78, 5) is 24.4. The van der Waals surface area contributed by atoms with E-state index in [4.69, 9.17) is 9.47 Å². The van der Waals surface area contributed by atoms with E-state index in [2.05, 4.69) is 10.6 Å². The van der Waals surface area contributed by atoms with Crippen LogP contribution in [0.2, 0.25) is 0 Å². The fourth-order valence-corrected chi connectivity index (χ4v) is 2.66. The third kappa shape index (κ3) is 6.99. The predicted molar refractivity (Wildman–Crippen MR) is 116 cm³/mol. The summed E-state index contributed by atoms with van der Waals surface area (Å²) in [5, 5.41) is 5.68. The maximum atomic E-state index is 12.4. The Kier molecular flexibility index (Phi) is 8.76. The Balaban J connectivity index is 2.26. The van der Waals surface area contributed by atoms with E-state index < -0.39 is 0 Å². The summed E-state index contributed by atoms with van der Waals surface area (Å²) in [5.74, 6) is 0.547. The fraction of sp³-hybridized carbons (Fsp3) is 0.304. The van der Waals surface area contributed by atoms with Crippen LogP contribution < -0.4 is 20.1 Å². The Morgan fingerprint density at radius 3 is 2.03 bits per heavy atom. The summed E-state index contributed by atoms with van der Waals surface area (Å²) in [6.45, 7) is 6.49. The molecule has 0 heterocycles. The zero-order chi connectivity index (χ0) is 21.1. The monoisotopic (exact) mass is 396 g/mol. The highest BCUT2D eigenvalue weighted by atomic mass is 16.5. The molecular weight excluding hydrogens is 368 g/mol. The number of benzene rings is 2. The van der Waals surface area contributed by atoms with E-state index in [0.717, 1.165) is 12.0 Å². The second-order valence-corrected chi connectivity index (χ2v) is 6.24. The van der Waals surface area contributed by atoms with Gasteiger partial charge in [0.25, 0.3) is 0 Å². The summed E-state index contributed by atoms with van der Waals surface area (Å²) in [5.41, 5.74) is 1.93. The van der Waals surface area contributed by atoms with Gasteiger partial charge in [0.2, 0.25) is 11.8 Å². The Morgan fingerprint density at radius 1 is 0.897 bits per heavy atom. The smallest absolute Gasteiger partial charge is 0.248 e. The number of anilines is 2. The summed E-state index contributed by atoms with van der Waals surface area (Å²) >= 11 is 0. The molecule has 0 saturated carbocycles. The number of nitrogens with one attached hydrogen (secondary N) is 2. The quantitative estimate of drug-likeness (QED) is 0.562. The minimum absolute atomic E-state index is 0.0986. The molecule has 0 atom stereocenters. The highest BCUT2D eigenvalue weighted by Crippen LogP contribution is 2.37. The van der Waals surface area contributed by atoms with Gasteiger partial charge in [-0.2, -0.15) is 0 Å². The van der Waals surface area contributed by atoms with Crippen LogP contribution in [0.4, 0.5) is 11.4 Å². The first-order chi connectivity index (χ1) is 14.1. The maximum Gasteiger partial charge on any atom is 0.248 e. The van der Waals surface area contributed by atoms with Crippen molar-refractivity contribution in [3.8, 4) is 11.5 Å². The van der Waals surface area contributed by atoms with Crippen molar-refractivity contribution in [2.75, 3.05) is 23.8 Å². The van der Waals surface area contributed by atoms with Crippen molar-refractivity contribution in [3.63, 3.8) is 0 Å². The minimum Gasteiger partial charge on any atom is -0.492 e. The Labute approximate surface area is 171 Å². The zero-order valence-corrected chi connectivity index (χ0v) is 17.2. The van der Waals surface area contributed by atoms with Gasteiger partial charge in [0.1, 0.15) is 11.5 Å². The zero-order valence-electron chi connectivity index (χ0n) is 17.2. The van der Waals surface area contributed by atoms with Gasteiger partial charge in [-0.3, -0.25) is 9.59 Å². The number of hydrogen-bond donors (Lipinski definition) is 2. The summed E-state index contributed by atoms with van der Waals surface area (Å²) < 4.78 is 11.3. The van der Waals surface area contributed by atoms with Crippen LogP contribution in [0.15, 0.2) is 48.5 Å². The molecule has 2 N–H and O–H groups in total. The first-order valence-electron chi connectivity index (χ1n) is 9.84. The molecule has 0 bridgehead atoms. The second-order valence-electron chi connectivity index (χ2n) is 6.24. The molecule has 0 aliphatic carbocycles. The van der Waals surface area contributed by atoms with Crippen LogP contribution >= 0.6 is 0 Å². The number of hydrogen-bond acceptors (Lipinski definition) is 4. The van der Waals surface area contributed by atoms with Crippen molar-refractivity contribution < 1.29 is 19.1 Å². The minimum atomic E-state index is -0.292. The molecule has 0 saturated heterocycles. The Morgan fingerprint density at radius 2 is 1.48 bits per heavy atom. The molecule has 0 aromatic heterocycles. The molecule has 154 valence electrons. The number of carbonyl (C=O) groups excluding carboxylic acids is 2. The lowest BCUT2D eigenvalue weighted by atomic mass is 10.2. The van der Waals surface area contributed by atoms with Crippen molar-refractivity contribution in [2.24, 2.45) is 0 Å². The van der Waals surface area contributed by atoms with Crippen LogP contribution in [0.3, 0.4) is 0 Å². The lowest BCUT2D eigenvalue weighted by Crippen LogP contribution is -2.14. The Hall–Kier alpha value is -3.28. The normalized spacial score (nSPS) is 10.6. The molecule has 2 aromatic carbocycles. The number of ether oxygens (including phenoxy) is 2. The lowest BCUT2D eigenvalue weighted by molar-refractivity contribution is -0.116. The van der Waals surface area contributed by atoms with Gasteiger partial charge in [-0.15, -0.1) is 0 Å². The molecule has 0 unspecified atom stereocenters. The van der Waals surface area contributed by atoms with E-state index in [1.807, 2.05) is 51.1 Å². The second kappa shape index (κ2) is 11.5. The Bertz CT molecular complexity index is 847. The standard InChI is InChI=1S/C23H28N2O4/c1-4-10-22(26)24-18-15-21(29-6-3)19(16-20(18)28-5-2)25-23(27)14-13-17-11-8-7-9-12-17/h7-9,11-16H,4-6,10H2,1-3H3,(H,24,26)(H,25,27). The van der Waals surface area contributed by atoms with Crippen LogP contribution in [-0.4, -0.2) is 25.0 Å². The SMILES string of the molecule is CCCC(=O)Nc1cc(OCC)c(NC(=O)C=Cc2ccccc2)cc1OCC. The molecule has 2 amide bonds. The van der Waals surface area contributed by atoms with E-state index in [9.17, 15) is 9.59 Å². The predicted octanol–water partition coefficient (Wildman–Crippen LogP) is 4.87. The van der Waals surface area contributed by atoms with Gasteiger partial charge in [0.05, 0.1) is 24.6 Å². The average Bonchev–Trinajstić information content (AvgIpc) is 2.71. The van der Waals surface area contributed by atoms with Crippen molar-refractivity contribution in [2.45, 2.75) is 33.6 Å².